The highest BCUT2D eigenvalue weighted by Crippen LogP contribution is 2.33. The molecule has 112 valence electrons. The Balaban J connectivity index is 2.27. The maximum atomic E-state index is 10.2. The molecule has 0 bridgehead atoms. The van der Waals surface area contributed by atoms with Crippen molar-refractivity contribution in [1.29, 1.82) is 0 Å². The van der Waals surface area contributed by atoms with E-state index in [1.807, 2.05) is 18.2 Å². The summed E-state index contributed by atoms with van der Waals surface area (Å²) in [7, 11) is 2.22. The van der Waals surface area contributed by atoms with Crippen molar-refractivity contribution in [1.82, 2.24) is 9.80 Å². The monoisotopic (exact) mass is 276 g/mol. The van der Waals surface area contributed by atoms with Crippen LogP contribution in [0.1, 0.15) is 44.7 Å². The average Bonchev–Trinajstić information content (AvgIpc) is 2.63. The van der Waals surface area contributed by atoms with E-state index in [-0.39, 0.29) is 0 Å². The summed E-state index contributed by atoms with van der Waals surface area (Å²) < 4.78 is 0. The van der Waals surface area contributed by atoms with E-state index in [0.29, 0.717) is 17.8 Å². The zero-order chi connectivity index (χ0) is 14.5. The smallest absolute Gasteiger partial charge is 0.120 e. The number of hydrogen-bond acceptors (Lipinski definition) is 3. The first-order valence-corrected chi connectivity index (χ1v) is 7.89. The van der Waals surface area contributed by atoms with Crippen LogP contribution in [0.4, 0.5) is 0 Å². The molecule has 0 saturated carbocycles. The summed E-state index contributed by atoms with van der Waals surface area (Å²) in [6.45, 7) is 7.91. The molecule has 0 aromatic heterocycles. The van der Waals surface area contributed by atoms with Crippen molar-refractivity contribution in [2.75, 3.05) is 26.7 Å². The highest BCUT2D eigenvalue weighted by Gasteiger charge is 2.29. The van der Waals surface area contributed by atoms with E-state index in [0.717, 1.165) is 31.5 Å². The van der Waals surface area contributed by atoms with Crippen molar-refractivity contribution < 1.29 is 5.11 Å². The summed E-state index contributed by atoms with van der Waals surface area (Å²) in [6, 6.07) is 8.72. The van der Waals surface area contributed by atoms with E-state index >= 15 is 0 Å². The molecule has 1 N–H and O–H groups in total. The van der Waals surface area contributed by atoms with E-state index in [1.54, 1.807) is 0 Å². The molecule has 3 nitrogen and oxygen atoms in total. The van der Waals surface area contributed by atoms with E-state index in [4.69, 9.17) is 0 Å². The molecule has 1 heterocycles. The Hall–Kier alpha value is -1.06. The largest absolute Gasteiger partial charge is 0.508 e. The molecule has 2 rings (SSSR count). The minimum Gasteiger partial charge on any atom is -0.508 e. The van der Waals surface area contributed by atoms with Crippen molar-refractivity contribution in [3.05, 3.63) is 29.8 Å². The first-order chi connectivity index (χ1) is 9.67. The van der Waals surface area contributed by atoms with Crippen LogP contribution in [0.5, 0.6) is 5.75 Å². The van der Waals surface area contributed by atoms with Crippen LogP contribution < -0.4 is 0 Å². The van der Waals surface area contributed by atoms with Gasteiger partial charge < -0.3 is 10.0 Å². The molecular weight excluding hydrogens is 248 g/mol. The predicted octanol–water partition coefficient (Wildman–Crippen LogP) is 3.26. The lowest BCUT2D eigenvalue weighted by molar-refractivity contribution is 0.122. The average molecular weight is 276 g/mol. The van der Waals surface area contributed by atoms with Gasteiger partial charge in [0.1, 0.15) is 5.75 Å². The SMILES string of the molecule is CCC1CN(C)CCCN1C(CC)c1ccccc1O. The van der Waals surface area contributed by atoms with Crippen molar-refractivity contribution >= 4 is 0 Å². The Morgan fingerprint density at radius 1 is 1.25 bits per heavy atom. The van der Waals surface area contributed by atoms with E-state index in [9.17, 15) is 5.11 Å². The zero-order valence-electron chi connectivity index (χ0n) is 13.0. The summed E-state index contributed by atoms with van der Waals surface area (Å²) in [5, 5.41) is 10.2. The molecule has 1 aromatic carbocycles. The molecule has 0 aliphatic carbocycles. The van der Waals surface area contributed by atoms with Crippen LogP contribution in [0.3, 0.4) is 0 Å². The fraction of sp³-hybridized carbons (Fsp3) is 0.647. The lowest BCUT2D eigenvalue weighted by atomic mass is 9.99. The molecule has 1 aromatic rings. The number of rotatable bonds is 4. The number of phenolic OH excluding ortho intramolecular Hbond substituents is 1. The topological polar surface area (TPSA) is 26.7 Å². The Morgan fingerprint density at radius 2 is 2.00 bits per heavy atom. The third-order valence-corrected chi connectivity index (χ3v) is 4.50. The van der Waals surface area contributed by atoms with Gasteiger partial charge in [-0.2, -0.15) is 0 Å². The third-order valence-electron chi connectivity index (χ3n) is 4.50. The van der Waals surface area contributed by atoms with Crippen LogP contribution in [0.15, 0.2) is 24.3 Å². The minimum absolute atomic E-state index is 0.327. The van der Waals surface area contributed by atoms with E-state index in [2.05, 4.69) is 36.8 Å². The van der Waals surface area contributed by atoms with E-state index < -0.39 is 0 Å². The molecule has 20 heavy (non-hydrogen) atoms. The van der Waals surface area contributed by atoms with Gasteiger partial charge in [-0.05, 0) is 38.9 Å². The number of benzene rings is 1. The van der Waals surface area contributed by atoms with Gasteiger partial charge in [0.2, 0.25) is 0 Å². The molecule has 1 fully saturated rings. The fourth-order valence-electron chi connectivity index (χ4n) is 3.44. The number of nitrogens with zero attached hydrogens (tertiary/aromatic N) is 2. The zero-order valence-corrected chi connectivity index (χ0v) is 13.0. The molecular formula is C17H28N2O. The summed E-state index contributed by atoms with van der Waals surface area (Å²) >= 11 is 0. The van der Waals surface area contributed by atoms with Crippen molar-refractivity contribution in [3.63, 3.8) is 0 Å². The molecule has 1 aliphatic heterocycles. The number of aromatic hydroxyl groups is 1. The Kier molecular flexibility index (Phi) is 5.44. The van der Waals surface area contributed by atoms with Crippen LogP contribution in [0.2, 0.25) is 0 Å². The van der Waals surface area contributed by atoms with Gasteiger partial charge >= 0.3 is 0 Å². The van der Waals surface area contributed by atoms with Crippen LogP contribution in [-0.2, 0) is 0 Å². The van der Waals surface area contributed by atoms with Crippen LogP contribution in [0.25, 0.3) is 0 Å². The Morgan fingerprint density at radius 3 is 2.65 bits per heavy atom. The molecule has 1 aliphatic rings. The lowest BCUT2D eigenvalue weighted by Crippen LogP contribution is -2.41. The van der Waals surface area contributed by atoms with Crippen molar-refractivity contribution in [3.8, 4) is 5.75 Å². The van der Waals surface area contributed by atoms with Crippen LogP contribution >= 0.6 is 0 Å². The van der Waals surface area contributed by atoms with Gasteiger partial charge in [0.15, 0.2) is 0 Å². The van der Waals surface area contributed by atoms with E-state index in [1.165, 1.54) is 13.0 Å². The highest BCUT2D eigenvalue weighted by atomic mass is 16.3. The molecule has 3 heteroatoms. The van der Waals surface area contributed by atoms with Gasteiger partial charge in [-0.15, -0.1) is 0 Å². The second-order valence-electron chi connectivity index (χ2n) is 5.90. The van der Waals surface area contributed by atoms with Gasteiger partial charge in [-0.25, -0.2) is 0 Å². The summed E-state index contributed by atoms with van der Waals surface area (Å²) in [4.78, 5) is 5.05. The second-order valence-corrected chi connectivity index (χ2v) is 5.90. The predicted molar refractivity (Wildman–Crippen MR) is 84.0 cm³/mol. The summed E-state index contributed by atoms with van der Waals surface area (Å²) in [6.07, 6.45) is 3.41. The first-order valence-electron chi connectivity index (χ1n) is 7.89. The summed E-state index contributed by atoms with van der Waals surface area (Å²) in [5.74, 6) is 0.437. The van der Waals surface area contributed by atoms with Crippen molar-refractivity contribution in [2.24, 2.45) is 0 Å². The standard InChI is InChI=1S/C17H28N2O/c1-4-14-13-18(3)11-8-12-19(14)16(5-2)15-9-6-7-10-17(15)20/h6-7,9-10,14,16,20H,4-5,8,11-13H2,1-3H3. The quantitative estimate of drug-likeness (QED) is 0.914. The van der Waals surface area contributed by atoms with Gasteiger partial charge in [-0.3, -0.25) is 4.90 Å². The van der Waals surface area contributed by atoms with Gasteiger partial charge in [0.25, 0.3) is 0 Å². The second kappa shape index (κ2) is 7.09. The lowest BCUT2D eigenvalue weighted by Gasteiger charge is -2.37. The molecule has 2 atom stereocenters. The van der Waals surface area contributed by atoms with Gasteiger partial charge in [0.05, 0.1) is 0 Å². The normalized spacial score (nSPS) is 23.4. The number of para-hydroxylation sites is 1. The van der Waals surface area contributed by atoms with Crippen LogP contribution in [0, 0.1) is 0 Å². The first kappa shape index (κ1) is 15.3. The number of hydrogen-bond donors (Lipinski definition) is 1. The molecule has 1 saturated heterocycles. The Bertz CT molecular complexity index is 421. The van der Waals surface area contributed by atoms with Gasteiger partial charge in [0, 0.05) is 30.7 Å². The number of phenols is 1. The summed E-state index contributed by atoms with van der Waals surface area (Å²) in [5.41, 5.74) is 1.08. The third kappa shape index (κ3) is 3.33. The van der Waals surface area contributed by atoms with Gasteiger partial charge in [-0.1, -0.05) is 32.0 Å². The van der Waals surface area contributed by atoms with Crippen molar-refractivity contribution in [2.45, 2.75) is 45.2 Å². The highest BCUT2D eigenvalue weighted by molar-refractivity contribution is 5.34. The maximum absolute atomic E-state index is 10.2. The molecule has 0 amide bonds. The molecule has 0 radical (unpaired) electrons. The fourth-order valence-corrected chi connectivity index (χ4v) is 3.44. The minimum atomic E-state index is 0.327. The molecule has 0 spiro atoms. The molecule has 2 unspecified atom stereocenters. The Labute approximate surface area is 123 Å². The van der Waals surface area contributed by atoms with Crippen LogP contribution in [-0.4, -0.2) is 47.6 Å². The maximum Gasteiger partial charge on any atom is 0.120 e. The number of likely N-dealkylation sites (N-methyl/N-ethyl adjacent to an activating group) is 1.